The SMILES string of the molecule is CC1=C(C)C(c2ccccc2)=C(C)C(C)(c2ccccc2)C1=O. The van der Waals surface area contributed by atoms with Crippen molar-refractivity contribution in [1.29, 1.82) is 0 Å². The summed E-state index contributed by atoms with van der Waals surface area (Å²) < 4.78 is 0. The molecule has 0 amide bonds. The Morgan fingerprint density at radius 2 is 1.26 bits per heavy atom. The predicted molar refractivity (Wildman–Crippen MR) is 96.2 cm³/mol. The fourth-order valence-corrected chi connectivity index (χ4v) is 3.59. The largest absolute Gasteiger partial charge is 0.293 e. The molecule has 0 N–H and O–H groups in total. The Balaban J connectivity index is 2.31. The maximum atomic E-state index is 13.2. The van der Waals surface area contributed by atoms with Crippen molar-refractivity contribution in [3.8, 4) is 0 Å². The number of Topliss-reactive ketones (excluding diaryl/α,β-unsaturated/α-hetero) is 1. The number of carbonyl (C=O) groups is 1. The summed E-state index contributed by atoms with van der Waals surface area (Å²) in [7, 11) is 0. The van der Waals surface area contributed by atoms with Crippen LogP contribution in [0.3, 0.4) is 0 Å². The molecular formula is C22H22O. The fraction of sp³-hybridized carbons (Fsp3) is 0.227. The van der Waals surface area contributed by atoms with Gasteiger partial charge in [0.25, 0.3) is 0 Å². The second-order valence-electron chi connectivity index (χ2n) is 6.44. The van der Waals surface area contributed by atoms with Crippen molar-refractivity contribution in [1.82, 2.24) is 0 Å². The lowest BCUT2D eigenvalue weighted by Crippen LogP contribution is -2.38. The molecule has 1 nitrogen and oxygen atoms in total. The number of allylic oxidation sites excluding steroid dienone is 4. The van der Waals surface area contributed by atoms with Crippen LogP contribution in [0.2, 0.25) is 0 Å². The first-order valence-corrected chi connectivity index (χ1v) is 8.03. The van der Waals surface area contributed by atoms with Gasteiger partial charge in [0.2, 0.25) is 0 Å². The van der Waals surface area contributed by atoms with Crippen molar-refractivity contribution in [2.75, 3.05) is 0 Å². The summed E-state index contributed by atoms with van der Waals surface area (Å²) in [5.74, 6) is 0.207. The molecule has 3 rings (SSSR count). The molecule has 1 heteroatoms. The van der Waals surface area contributed by atoms with Gasteiger partial charge in [-0.15, -0.1) is 0 Å². The van der Waals surface area contributed by atoms with E-state index in [9.17, 15) is 4.79 Å². The molecule has 2 aromatic rings. The first-order chi connectivity index (χ1) is 11.0. The van der Waals surface area contributed by atoms with Gasteiger partial charge in [-0.1, -0.05) is 60.7 Å². The van der Waals surface area contributed by atoms with E-state index >= 15 is 0 Å². The van der Waals surface area contributed by atoms with Gasteiger partial charge >= 0.3 is 0 Å². The lowest BCUT2D eigenvalue weighted by Gasteiger charge is -2.37. The van der Waals surface area contributed by atoms with Crippen LogP contribution in [0.4, 0.5) is 0 Å². The third-order valence-corrected chi connectivity index (χ3v) is 5.27. The van der Waals surface area contributed by atoms with Gasteiger partial charge in [0, 0.05) is 0 Å². The molecule has 0 heterocycles. The molecule has 0 fully saturated rings. The van der Waals surface area contributed by atoms with Crippen LogP contribution in [0, 0.1) is 0 Å². The van der Waals surface area contributed by atoms with E-state index in [-0.39, 0.29) is 5.78 Å². The zero-order valence-electron chi connectivity index (χ0n) is 14.2. The summed E-state index contributed by atoms with van der Waals surface area (Å²) >= 11 is 0. The van der Waals surface area contributed by atoms with Gasteiger partial charge in [-0.05, 0) is 61.1 Å². The minimum atomic E-state index is -0.601. The number of rotatable bonds is 2. The topological polar surface area (TPSA) is 17.1 Å². The molecule has 0 aromatic heterocycles. The van der Waals surface area contributed by atoms with E-state index in [1.807, 2.05) is 31.2 Å². The molecular weight excluding hydrogens is 280 g/mol. The van der Waals surface area contributed by atoms with Crippen LogP contribution in [0.5, 0.6) is 0 Å². The number of benzene rings is 2. The Kier molecular flexibility index (Phi) is 3.81. The number of ketones is 1. The molecule has 0 spiro atoms. The van der Waals surface area contributed by atoms with Gasteiger partial charge in [0.15, 0.2) is 5.78 Å². The highest BCUT2D eigenvalue weighted by Crippen LogP contribution is 2.46. The number of hydrogen-bond donors (Lipinski definition) is 0. The van der Waals surface area contributed by atoms with E-state index < -0.39 is 5.41 Å². The van der Waals surface area contributed by atoms with Crippen LogP contribution in [-0.4, -0.2) is 5.78 Å². The molecule has 1 atom stereocenters. The normalized spacial score (nSPS) is 21.8. The smallest absolute Gasteiger partial charge is 0.173 e. The van der Waals surface area contributed by atoms with Gasteiger partial charge in [0.05, 0.1) is 5.41 Å². The Morgan fingerprint density at radius 1 is 0.739 bits per heavy atom. The van der Waals surface area contributed by atoms with E-state index in [2.05, 4.69) is 57.2 Å². The summed E-state index contributed by atoms with van der Waals surface area (Å²) in [5.41, 5.74) is 5.92. The van der Waals surface area contributed by atoms with Gasteiger partial charge in [-0.3, -0.25) is 4.79 Å². The summed E-state index contributed by atoms with van der Waals surface area (Å²) in [5, 5.41) is 0. The van der Waals surface area contributed by atoms with E-state index in [0.717, 1.165) is 22.3 Å². The molecule has 1 aliphatic rings. The minimum Gasteiger partial charge on any atom is -0.293 e. The monoisotopic (exact) mass is 302 g/mol. The lowest BCUT2D eigenvalue weighted by atomic mass is 9.64. The van der Waals surface area contributed by atoms with Gasteiger partial charge < -0.3 is 0 Å². The first-order valence-electron chi connectivity index (χ1n) is 8.03. The minimum absolute atomic E-state index is 0.207. The average molecular weight is 302 g/mol. The highest BCUT2D eigenvalue weighted by molar-refractivity contribution is 6.12. The van der Waals surface area contributed by atoms with Gasteiger partial charge in [-0.25, -0.2) is 0 Å². The van der Waals surface area contributed by atoms with Crippen LogP contribution in [-0.2, 0) is 10.2 Å². The highest BCUT2D eigenvalue weighted by Gasteiger charge is 2.42. The van der Waals surface area contributed by atoms with Crippen molar-refractivity contribution in [3.63, 3.8) is 0 Å². The molecule has 1 aliphatic carbocycles. The molecule has 1 unspecified atom stereocenters. The number of hydrogen-bond acceptors (Lipinski definition) is 1. The summed E-state index contributed by atoms with van der Waals surface area (Å²) in [6.45, 7) is 8.17. The van der Waals surface area contributed by atoms with E-state index in [1.165, 1.54) is 11.1 Å². The van der Waals surface area contributed by atoms with Crippen molar-refractivity contribution >= 4 is 11.4 Å². The Bertz CT molecular complexity index is 810. The van der Waals surface area contributed by atoms with Gasteiger partial charge in [0.1, 0.15) is 0 Å². The average Bonchev–Trinajstić information content (AvgIpc) is 2.60. The van der Waals surface area contributed by atoms with E-state index in [4.69, 9.17) is 0 Å². The summed E-state index contributed by atoms with van der Waals surface area (Å²) in [6, 6.07) is 20.5. The second-order valence-corrected chi connectivity index (χ2v) is 6.44. The van der Waals surface area contributed by atoms with Gasteiger partial charge in [-0.2, -0.15) is 0 Å². The van der Waals surface area contributed by atoms with Crippen LogP contribution in [0.1, 0.15) is 38.8 Å². The molecule has 116 valence electrons. The van der Waals surface area contributed by atoms with Crippen LogP contribution in [0.25, 0.3) is 5.57 Å². The Hall–Kier alpha value is -2.41. The molecule has 23 heavy (non-hydrogen) atoms. The first kappa shape index (κ1) is 15.5. The van der Waals surface area contributed by atoms with Crippen molar-refractivity contribution < 1.29 is 4.79 Å². The second kappa shape index (κ2) is 5.66. The maximum absolute atomic E-state index is 13.2. The summed E-state index contributed by atoms with van der Waals surface area (Å²) in [6.07, 6.45) is 0. The predicted octanol–water partition coefficient (Wildman–Crippen LogP) is 5.34. The molecule has 0 aliphatic heterocycles. The van der Waals surface area contributed by atoms with Crippen LogP contribution in [0.15, 0.2) is 77.4 Å². The zero-order valence-corrected chi connectivity index (χ0v) is 14.2. The fourth-order valence-electron chi connectivity index (χ4n) is 3.59. The van der Waals surface area contributed by atoms with Crippen LogP contribution < -0.4 is 0 Å². The van der Waals surface area contributed by atoms with Crippen molar-refractivity contribution in [2.45, 2.75) is 33.1 Å². The maximum Gasteiger partial charge on any atom is 0.173 e. The molecule has 2 aromatic carbocycles. The quantitative estimate of drug-likeness (QED) is 0.732. The zero-order chi connectivity index (χ0) is 16.6. The Labute approximate surface area is 138 Å². The molecule has 0 saturated carbocycles. The molecule has 0 saturated heterocycles. The third-order valence-electron chi connectivity index (χ3n) is 5.27. The third kappa shape index (κ3) is 2.28. The van der Waals surface area contributed by atoms with E-state index in [1.54, 1.807) is 0 Å². The number of carbonyl (C=O) groups excluding carboxylic acids is 1. The highest BCUT2D eigenvalue weighted by atomic mass is 16.1. The Morgan fingerprint density at radius 3 is 1.83 bits per heavy atom. The van der Waals surface area contributed by atoms with E-state index in [0.29, 0.717) is 0 Å². The molecule has 0 bridgehead atoms. The standard InChI is InChI=1S/C22H22O/c1-15-16(2)21(23)22(4,19-13-9-6-10-14-19)17(3)20(15)18-11-7-5-8-12-18/h5-14H,1-4H3. The molecule has 0 radical (unpaired) electrons. The van der Waals surface area contributed by atoms with Crippen molar-refractivity contribution in [3.05, 3.63) is 88.5 Å². The van der Waals surface area contributed by atoms with Crippen molar-refractivity contribution in [2.24, 2.45) is 0 Å². The lowest BCUT2D eigenvalue weighted by molar-refractivity contribution is -0.119. The van der Waals surface area contributed by atoms with Crippen LogP contribution >= 0.6 is 0 Å². The summed E-state index contributed by atoms with van der Waals surface area (Å²) in [4.78, 5) is 13.2.